The number of morpholine rings is 1. The van der Waals surface area contributed by atoms with Gasteiger partial charge in [-0.1, -0.05) is 49.9 Å². The van der Waals surface area contributed by atoms with Gasteiger partial charge in [0.05, 0.1) is 37.1 Å². The maximum absolute atomic E-state index is 12.9. The van der Waals surface area contributed by atoms with Crippen LogP contribution in [-0.2, 0) is 16.0 Å². The number of rotatable bonds is 3. The molecule has 0 unspecified atom stereocenters. The Morgan fingerprint density at radius 2 is 1.86 bits per heavy atom. The third-order valence-electron chi connectivity index (χ3n) is 6.50. The number of amides is 1. The SMILES string of the molecule is N#CC1=C(NC(=O)CN2CCOCC2)c2ccccc2CC12CCCCCC2. The molecule has 1 heterocycles. The molecular weight excluding hydrogens is 350 g/mol. The molecule has 1 N–H and O–H groups in total. The summed E-state index contributed by atoms with van der Waals surface area (Å²) in [5, 5.41) is 13.3. The van der Waals surface area contributed by atoms with E-state index in [4.69, 9.17) is 4.74 Å². The normalized spacial score (nSPS) is 22.2. The van der Waals surface area contributed by atoms with Gasteiger partial charge in [0, 0.05) is 24.1 Å². The highest BCUT2D eigenvalue weighted by atomic mass is 16.5. The molecule has 0 aromatic heterocycles. The van der Waals surface area contributed by atoms with E-state index in [0.717, 1.165) is 62.0 Å². The van der Waals surface area contributed by atoms with Gasteiger partial charge in [-0.15, -0.1) is 0 Å². The van der Waals surface area contributed by atoms with Gasteiger partial charge < -0.3 is 10.1 Å². The van der Waals surface area contributed by atoms with E-state index in [2.05, 4.69) is 28.4 Å². The molecule has 148 valence electrons. The van der Waals surface area contributed by atoms with Crippen LogP contribution in [0.4, 0.5) is 0 Å². The molecule has 1 amide bonds. The summed E-state index contributed by atoms with van der Waals surface area (Å²) in [5.41, 5.74) is 3.70. The van der Waals surface area contributed by atoms with Crippen molar-refractivity contribution < 1.29 is 9.53 Å². The summed E-state index contributed by atoms with van der Waals surface area (Å²) < 4.78 is 5.37. The predicted octanol–water partition coefficient (Wildman–Crippen LogP) is 3.27. The molecule has 28 heavy (non-hydrogen) atoms. The zero-order valence-electron chi connectivity index (χ0n) is 16.5. The number of carbonyl (C=O) groups is 1. The lowest BCUT2D eigenvalue weighted by molar-refractivity contribution is -0.122. The Hall–Kier alpha value is -2.16. The second kappa shape index (κ2) is 8.46. The zero-order valence-corrected chi connectivity index (χ0v) is 16.5. The van der Waals surface area contributed by atoms with Crippen LogP contribution < -0.4 is 5.32 Å². The van der Waals surface area contributed by atoms with Crippen molar-refractivity contribution in [2.75, 3.05) is 32.8 Å². The van der Waals surface area contributed by atoms with Crippen molar-refractivity contribution in [2.45, 2.75) is 44.9 Å². The van der Waals surface area contributed by atoms with Crippen LogP contribution in [-0.4, -0.2) is 43.7 Å². The number of ether oxygens (including phenoxy) is 1. The number of nitriles is 1. The maximum Gasteiger partial charge on any atom is 0.238 e. The fourth-order valence-electron chi connectivity index (χ4n) is 5.05. The minimum atomic E-state index is -0.124. The third kappa shape index (κ3) is 3.85. The molecule has 5 nitrogen and oxygen atoms in total. The van der Waals surface area contributed by atoms with Crippen LogP contribution in [0.25, 0.3) is 5.70 Å². The minimum Gasteiger partial charge on any atom is -0.379 e. The fourth-order valence-corrected chi connectivity index (χ4v) is 5.05. The lowest BCUT2D eigenvalue weighted by Crippen LogP contribution is -2.43. The van der Waals surface area contributed by atoms with E-state index in [1.807, 2.05) is 12.1 Å². The first-order chi connectivity index (χ1) is 13.7. The van der Waals surface area contributed by atoms with Crippen LogP contribution in [0.3, 0.4) is 0 Å². The van der Waals surface area contributed by atoms with Crippen LogP contribution >= 0.6 is 0 Å². The first kappa shape index (κ1) is 19.2. The number of nitrogens with zero attached hydrogens (tertiary/aromatic N) is 2. The number of fused-ring (bicyclic) bond motifs is 1. The summed E-state index contributed by atoms with van der Waals surface area (Å²) in [5.74, 6) is -0.0369. The molecule has 2 fully saturated rings. The Bertz CT molecular complexity index is 794. The van der Waals surface area contributed by atoms with E-state index in [-0.39, 0.29) is 11.3 Å². The van der Waals surface area contributed by atoms with Crippen molar-refractivity contribution in [1.82, 2.24) is 10.2 Å². The van der Waals surface area contributed by atoms with E-state index in [1.54, 1.807) is 0 Å². The van der Waals surface area contributed by atoms with Crippen molar-refractivity contribution in [2.24, 2.45) is 5.41 Å². The van der Waals surface area contributed by atoms with Gasteiger partial charge >= 0.3 is 0 Å². The molecule has 1 aromatic rings. The summed E-state index contributed by atoms with van der Waals surface area (Å²) in [6.45, 7) is 3.24. The first-order valence-electron chi connectivity index (χ1n) is 10.5. The molecular formula is C23H29N3O2. The first-order valence-corrected chi connectivity index (χ1v) is 10.5. The zero-order chi connectivity index (χ0) is 19.4. The minimum absolute atomic E-state index is 0.0369. The Kier molecular flexibility index (Phi) is 5.79. The molecule has 1 spiro atoms. The second-order valence-electron chi connectivity index (χ2n) is 8.33. The van der Waals surface area contributed by atoms with E-state index in [0.29, 0.717) is 19.8 Å². The number of allylic oxidation sites excluding steroid dienone is 1. The highest BCUT2D eigenvalue weighted by molar-refractivity contribution is 5.91. The third-order valence-corrected chi connectivity index (χ3v) is 6.50. The topological polar surface area (TPSA) is 65.4 Å². The number of benzene rings is 1. The number of nitrogens with one attached hydrogen (secondary N) is 1. The van der Waals surface area contributed by atoms with E-state index in [1.165, 1.54) is 18.4 Å². The highest BCUT2D eigenvalue weighted by Gasteiger charge is 2.41. The molecule has 1 aliphatic heterocycles. The van der Waals surface area contributed by atoms with Gasteiger partial charge in [-0.3, -0.25) is 9.69 Å². The molecule has 2 aliphatic carbocycles. The van der Waals surface area contributed by atoms with Crippen LogP contribution in [0.15, 0.2) is 29.8 Å². The van der Waals surface area contributed by atoms with Gasteiger partial charge in [0.25, 0.3) is 0 Å². The summed E-state index contributed by atoms with van der Waals surface area (Å²) in [6.07, 6.45) is 7.77. The van der Waals surface area contributed by atoms with Crippen LogP contribution in [0, 0.1) is 16.7 Å². The molecule has 1 aromatic carbocycles. The summed E-state index contributed by atoms with van der Waals surface area (Å²) in [7, 11) is 0. The van der Waals surface area contributed by atoms with Crippen molar-refractivity contribution in [3.05, 3.63) is 41.0 Å². The van der Waals surface area contributed by atoms with Gasteiger partial charge in [-0.05, 0) is 24.8 Å². The monoisotopic (exact) mass is 379 g/mol. The van der Waals surface area contributed by atoms with Crippen molar-refractivity contribution in [3.8, 4) is 6.07 Å². The molecule has 0 bridgehead atoms. The van der Waals surface area contributed by atoms with E-state index < -0.39 is 0 Å². The maximum atomic E-state index is 12.9. The quantitative estimate of drug-likeness (QED) is 0.875. The van der Waals surface area contributed by atoms with Crippen molar-refractivity contribution in [3.63, 3.8) is 0 Å². The fraction of sp³-hybridized carbons (Fsp3) is 0.565. The van der Waals surface area contributed by atoms with Crippen molar-refractivity contribution >= 4 is 11.6 Å². The smallest absolute Gasteiger partial charge is 0.238 e. The molecule has 0 atom stereocenters. The Morgan fingerprint density at radius 1 is 1.14 bits per heavy atom. The van der Waals surface area contributed by atoms with E-state index >= 15 is 0 Å². The molecule has 1 saturated heterocycles. The average molecular weight is 380 g/mol. The summed E-state index contributed by atoms with van der Waals surface area (Å²) in [6, 6.07) is 10.8. The van der Waals surface area contributed by atoms with Gasteiger partial charge in [-0.25, -0.2) is 0 Å². The lowest BCUT2D eigenvalue weighted by Gasteiger charge is -2.39. The summed E-state index contributed by atoms with van der Waals surface area (Å²) >= 11 is 0. The van der Waals surface area contributed by atoms with Crippen LogP contribution in [0.1, 0.15) is 49.7 Å². The van der Waals surface area contributed by atoms with Crippen LogP contribution in [0.2, 0.25) is 0 Å². The number of hydrogen-bond donors (Lipinski definition) is 1. The predicted molar refractivity (Wildman–Crippen MR) is 108 cm³/mol. The van der Waals surface area contributed by atoms with E-state index in [9.17, 15) is 10.1 Å². The van der Waals surface area contributed by atoms with Gasteiger partial charge in [0.15, 0.2) is 0 Å². The molecule has 4 rings (SSSR count). The number of carbonyl (C=O) groups excluding carboxylic acids is 1. The van der Waals surface area contributed by atoms with Gasteiger partial charge in [-0.2, -0.15) is 5.26 Å². The Labute approximate surface area is 167 Å². The summed E-state index contributed by atoms with van der Waals surface area (Å²) in [4.78, 5) is 15.0. The lowest BCUT2D eigenvalue weighted by atomic mass is 9.65. The molecule has 3 aliphatic rings. The van der Waals surface area contributed by atoms with Gasteiger partial charge in [0.2, 0.25) is 5.91 Å². The van der Waals surface area contributed by atoms with Gasteiger partial charge in [0.1, 0.15) is 0 Å². The number of hydrogen-bond acceptors (Lipinski definition) is 4. The Balaban J connectivity index is 1.66. The standard InChI is InChI=1S/C23H29N3O2/c24-16-20-22(25-21(27)17-26-11-13-28-14-12-26)19-8-4-3-7-18(19)15-23(20)9-5-1-2-6-10-23/h3-4,7-8H,1-2,5-6,9-15,17H2,(H,25,27). The highest BCUT2D eigenvalue weighted by Crippen LogP contribution is 2.49. The molecule has 0 radical (unpaired) electrons. The average Bonchev–Trinajstić information content (AvgIpc) is 2.95. The molecule has 5 heteroatoms. The van der Waals surface area contributed by atoms with Crippen LogP contribution in [0.5, 0.6) is 0 Å². The largest absolute Gasteiger partial charge is 0.379 e. The second-order valence-corrected chi connectivity index (χ2v) is 8.33. The van der Waals surface area contributed by atoms with Crippen molar-refractivity contribution in [1.29, 1.82) is 5.26 Å². The Morgan fingerprint density at radius 3 is 2.57 bits per heavy atom. The molecule has 1 saturated carbocycles.